The molecule has 0 aliphatic heterocycles. The van der Waals surface area contributed by atoms with Gasteiger partial charge in [-0.05, 0) is 60.7 Å². The van der Waals surface area contributed by atoms with Gasteiger partial charge in [0.15, 0.2) is 11.6 Å². The first-order valence-electron chi connectivity index (χ1n) is 16.6. The van der Waals surface area contributed by atoms with Crippen LogP contribution in [0.5, 0.6) is 0 Å². The maximum absolute atomic E-state index is 4.52. The molecule has 257 valence electrons. The van der Waals surface area contributed by atoms with Crippen molar-refractivity contribution in [1.82, 2.24) is 39.5 Å². The first-order valence-corrected chi connectivity index (χ1v) is 16.6. The number of hydrogen-bond acceptors (Lipinski definition) is 6. The van der Waals surface area contributed by atoms with Crippen molar-refractivity contribution < 1.29 is 16.8 Å². The van der Waals surface area contributed by atoms with E-state index in [0.29, 0.717) is 0 Å². The summed E-state index contributed by atoms with van der Waals surface area (Å²) in [6, 6.07) is 26.9. The van der Waals surface area contributed by atoms with E-state index in [2.05, 4.69) is 30.1 Å². The largest absolute Gasteiger partial charge is 0.255 e. The van der Waals surface area contributed by atoms with Crippen LogP contribution in [0.3, 0.4) is 0 Å². The van der Waals surface area contributed by atoms with Gasteiger partial charge in [-0.2, -0.15) is 10.2 Å². The van der Waals surface area contributed by atoms with E-state index in [-0.39, 0.29) is 16.8 Å². The molecule has 0 aromatic carbocycles. The third-order valence-electron chi connectivity index (χ3n) is 4.80. The van der Waals surface area contributed by atoms with Gasteiger partial charge in [0.05, 0.1) is 22.8 Å². The molecule has 6 aromatic rings. The monoisotopic (exact) mass is 683 g/mol. The molecule has 47 heavy (non-hydrogen) atoms. The number of aromatic nitrogens is 8. The predicted octanol–water partition coefficient (Wildman–Crippen LogP) is 10.8. The second-order valence-electron chi connectivity index (χ2n) is 7.09. The van der Waals surface area contributed by atoms with Crippen LogP contribution in [0.15, 0.2) is 122 Å². The van der Waals surface area contributed by atoms with Crippen molar-refractivity contribution in [2.24, 2.45) is 0 Å². The minimum absolute atomic E-state index is 0. The van der Waals surface area contributed by atoms with Crippen LogP contribution in [0, 0.1) is 0 Å². The van der Waals surface area contributed by atoms with Crippen molar-refractivity contribution in [3.05, 3.63) is 122 Å². The van der Waals surface area contributed by atoms with Crippen molar-refractivity contribution in [2.75, 3.05) is 0 Å². The van der Waals surface area contributed by atoms with E-state index in [1.54, 1.807) is 34.2 Å². The van der Waals surface area contributed by atoms with Gasteiger partial charge in [-0.25, -0.2) is 19.3 Å². The van der Waals surface area contributed by atoms with Crippen LogP contribution in [0.25, 0.3) is 34.4 Å². The van der Waals surface area contributed by atoms with Crippen LogP contribution in [-0.2, 0) is 16.8 Å². The van der Waals surface area contributed by atoms with Gasteiger partial charge < -0.3 is 0 Å². The maximum atomic E-state index is 4.52. The van der Waals surface area contributed by atoms with Crippen LogP contribution < -0.4 is 0 Å². The molecule has 9 heteroatoms. The molecule has 0 bridgehead atoms. The minimum atomic E-state index is 0. The summed E-state index contributed by atoms with van der Waals surface area (Å²) in [7, 11) is 0. The Labute approximate surface area is 295 Å². The Bertz CT molecular complexity index is 1330. The average Bonchev–Trinajstić information content (AvgIpc) is 3.94. The van der Waals surface area contributed by atoms with Crippen molar-refractivity contribution in [2.45, 2.75) is 83.1 Å². The summed E-state index contributed by atoms with van der Waals surface area (Å²) in [6.07, 6.45) is 10.7. The van der Waals surface area contributed by atoms with Gasteiger partial charge in [0.2, 0.25) is 0 Å². The van der Waals surface area contributed by atoms with E-state index in [1.165, 1.54) is 0 Å². The van der Waals surface area contributed by atoms with Crippen molar-refractivity contribution in [3.63, 3.8) is 0 Å². The van der Waals surface area contributed by atoms with Gasteiger partial charge in [-0.1, -0.05) is 107 Å². The summed E-state index contributed by atoms with van der Waals surface area (Å²) in [5.41, 5.74) is 3.42. The first-order chi connectivity index (χ1) is 22.9. The van der Waals surface area contributed by atoms with E-state index in [0.717, 1.165) is 34.4 Å². The van der Waals surface area contributed by atoms with Gasteiger partial charge in [-0.15, -0.1) is 0 Å². The minimum Gasteiger partial charge on any atom is -0.255 e. The number of hydrogen-bond donors (Lipinski definition) is 0. The molecule has 6 heterocycles. The van der Waals surface area contributed by atoms with Crippen molar-refractivity contribution in [3.8, 4) is 34.4 Å². The predicted molar refractivity (Wildman–Crippen MR) is 197 cm³/mol. The Morgan fingerprint density at radius 2 is 0.702 bits per heavy atom. The molecule has 0 aliphatic rings. The Morgan fingerprint density at radius 1 is 0.362 bits per heavy atom. The van der Waals surface area contributed by atoms with Crippen molar-refractivity contribution in [1.29, 1.82) is 0 Å². The van der Waals surface area contributed by atoms with Gasteiger partial charge >= 0.3 is 0 Å². The van der Waals surface area contributed by atoms with Gasteiger partial charge in [0.25, 0.3) is 0 Å². The number of rotatable bonds is 4. The van der Waals surface area contributed by atoms with Gasteiger partial charge in [0.1, 0.15) is 0 Å². The Balaban J connectivity index is -0.000000616. The Morgan fingerprint density at radius 3 is 0.979 bits per heavy atom. The summed E-state index contributed by atoms with van der Waals surface area (Å²) >= 11 is 0. The zero-order chi connectivity index (χ0) is 35.0. The summed E-state index contributed by atoms with van der Waals surface area (Å²) in [4.78, 5) is 17.6. The standard InChI is InChI=1S/2C13H10N4.6C2H6.Co/c2*1-2-8-14-11(5-1)12-6-3-7-13(16-12)17-10-4-9-15-17;6*1-2;/h2*1-10H;6*1-2H3;. The second-order valence-corrected chi connectivity index (χ2v) is 7.09. The number of nitrogens with zero attached hydrogens (tertiary/aromatic N) is 8. The molecule has 6 rings (SSSR count). The fourth-order valence-corrected chi connectivity index (χ4v) is 3.22. The quantitative estimate of drug-likeness (QED) is 0.184. The zero-order valence-electron chi connectivity index (χ0n) is 30.5. The fraction of sp³-hybridized carbons (Fsp3) is 0.316. The summed E-state index contributed by atoms with van der Waals surface area (Å²) in [5.74, 6) is 1.58. The molecular formula is C38H56CoN8. The molecule has 0 aliphatic carbocycles. The van der Waals surface area contributed by atoms with E-state index < -0.39 is 0 Å². The Kier molecular flexibility index (Phi) is 32.9. The second kappa shape index (κ2) is 32.9. The molecule has 1 radical (unpaired) electrons. The third-order valence-corrected chi connectivity index (χ3v) is 4.80. The van der Waals surface area contributed by atoms with E-state index in [1.807, 2.05) is 180 Å². The SMILES string of the molecule is CC.CC.CC.CC.CC.CC.[Co].c1ccc(-c2cccc(-n3cccn3)n2)nc1.c1ccc(-c2cccc(-n3cccn3)n2)nc1. The van der Waals surface area contributed by atoms with Crippen LogP contribution in [0.4, 0.5) is 0 Å². The topological polar surface area (TPSA) is 87.2 Å². The van der Waals surface area contributed by atoms with Crippen molar-refractivity contribution >= 4 is 0 Å². The molecule has 0 fully saturated rings. The van der Waals surface area contributed by atoms with Gasteiger partial charge in [-0.3, -0.25) is 9.97 Å². The molecule has 0 atom stereocenters. The van der Waals surface area contributed by atoms with E-state index >= 15 is 0 Å². The first kappa shape index (κ1) is 46.9. The van der Waals surface area contributed by atoms with Crippen LogP contribution in [0.2, 0.25) is 0 Å². The summed E-state index contributed by atoms with van der Waals surface area (Å²) < 4.78 is 3.46. The molecule has 0 saturated heterocycles. The van der Waals surface area contributed by atoms with Gasteiger partial charge in [0, 0.05) is 54.0 Å². The fourth-order valence-electron chi connectivity index (χ4n) is 3.22. The zero-order valence-corrected chi connectivity index (χ0v) is 31.5. The van der Waals surface area contributed by atoms with Crippen LogP contribution in [-0.4, -0.2) is 39.5 Å². The smallest absolute Gasteiger partial charge is 0.154 e. The third kappa shape index (κ3) is 17.1. The molecule has 8 nitrogen and oxygen atoms in total. The normalized spacial score (nSPS) is 8.26. The summed E-state index contributed by atoms with van der Waals surface area (Å²) in [6.45, 7) is 24.0. The molecule has 6 aromatic heterocycles. The maximum Gasteiger partial charge on any atom is 0.154 e. The average molecular weight is 684 g/mol. The summed E-state index contributed by atoms with van der Waals surface area (Å²) in [5, 5.41) is 8.31. The molecule has 0 spiro atoms. The van der Waals surface area contributed by atoms with E-state index in [4.69, 9.17) is 0 Å². The van der Waals surface area contributed by atoms with Crippen LogP contribution in [0.1, 0.15) is 83.1 Å². The molecule has 0 unspecified atom stereocenters. The Hall–Kier alpha value is -4.47. The molecule has 0 amide bonds. The number of pyridine rings is 4. The molecule has 0 saturated carbocycles. The van der Waals surface area contributed by atoms with E-state index in [9.17, 15) is 0 Å². The van der Waals surface area contributed by atoms with Crippen LogP contribution >= 0.6 is 0 Å². The molecule has 0 N–H and O–H groups in total. The molecular weight excluding hydrogens is 627 g/mol.